The van der Waals surface area contributed by atoms with Crippen molar-refractivity contribution in [2.24, 2.45) is 5.73 Å². The normalized spacial score (nSPS) is 13.1. The Bertz CT molecular complexity index is 169. The zero-order valence-corrected chi connectivity index (χ0v) is 9.31. The van der Waals surface area contributed by atoms with Crippen molar-refractivity contribution in [1.82, 2.24) is 4.90 Å². The lowest BCUT2D eigenvalue weighted by Gasteiger charge is -2.23. The minimum absolute atomic E-state index is 0.308. The number of hydrogen-bond acceptors (Lipinski definition) is 5. The van der Waals surface area contributed by atoms with Crippen molar-refractivity contribution in [3.8, 4) is 0 Å². The second-order valence-corrected chi connectivity index (χ2v) is 3.23. The molecule has 0 amide bonds. The molecule has 0 aromatic rings. The summed E-state index contributed by atoms with van der Waals surface area (Å²) in [6.45, 7) is 2.72. The first-order chi connectivity index (χ1) is 7.11. The summed E-state index contributed by atoms with van der Waals surface area (Å²) in [6, 6.07) is -0.862. The topological polar surface area (TPSA) is 85.0 Å². The molecule has 0 saturated carbocycles. The van der Waals surface area contributed by atoms with Crippen molar-refractivity contribution in [2.45, 2.75) is 6.04 Å². The van der Waals surface area contributed by atoms with Gasteiger partial charge in [-0.05, 0) is 0 Å². The quantitative estimate of drug-likeness (QED) is 0.518. The van der Waals surface area contributed by atoms with Gasteiger partial charge in [0, 0.05) is 33.9 Å². The standard InChI is InChI=1S/C9H20N2O4/c1-14-5-3-11(4-6-15-2)7-8(10)9(12)13/h8H,3-7,10H2,1-2H3,(H,12,13). The first-order valence-corrected chi connectivity index (χ1v) is 4.80. The van der Waals surface area contributed by atoms with Gasteiger partial charge in [0.05, 0.1) is 13.2 Å². The Labute approximate surface area is 89.9 Å². The van der Waals surface area contributed by atoms with Gasteiger partial charge in [0.2, 0.25) is 0 Å². The lowest BCUT2D eigenvalue weighted by atomic mass is 10.3. The van der Waals surface area contributed by atoms with Crippen LogP contribution in [0.15, 0.2) is 0 Å². The minimum atomic E-state index is -0.991. The lowest BCUT2D eigenvalue weighted by Crippen LogP contribution is -2.44. The fraction of sp³-hybridized carbons (Fsp3) is 0.889. The van der Waals surface area contributed by atoms with E-state index in [2.05, 4.69) is 0 Å². The Morgan fingerprint density at radius 3 is 2.13 bits per heavy atom. The van der Waals surface area contributed by atoms with Gasteiger partial charge in [0.1, 0.15) is 6.04 Å². The van der Waals surface area contributed by atoms with E-state index in [-0.39, 0.29) is 0 Å². The molecule has 0 saturated heterocycles. The fourth-order valence-corrected chi connectivity index (χ4v) is 1.09. The number of aliphatic carboxylic acids is 1. The third-order valence-corrected chi connectivity index (χ3v) is 2.00. The summed E-state index contributed by atoms with van der Waals surface area (Å²) in [5.74, 6) is -0.991. The average molecular weight is 220 g/mol. The number of methoxy groups -OCH3 is 2. The van der Waals surface area contributed by atoms with Gasteiger partial charge < -0.3 is 20.3 Å². The number of nitrogens with zero attached hydrogens (tertiary/aromatic N) is 1. The summed E-state index contributed by atoms with van der Waals surface area (Å²) >= 11 is 0. The second-order valence-electron chi connectivity index (χ2n) is 3.23. The highest BCUT2D eigenvalue weighted by atomic mass is 16.5. The number of rotatable bonds is 9. The highest BCUT2D eigenvalue weighted by molar-refractivity contribution is 5.73. The third-order valence-electron chi connectivity index (χ3n) is 2.00. The van der Waals surface area contributed by atoms with Gasteiger partial charge in [-0.1, -0.05) is 0 Å². The zero-order chi connectivity index (χ0) is 11.7. The van der Waals surface area contributed by atoms with Crippen LogP contribution < -0.4 is 5.73 Å². The molecule has 0 radical (unpaired) electrons. The first kappa shape index (κ1) is 14.3. The summed E-state index contributed by atoms with van der Waals surface area (Å²) in [5.41, 5.74) is 5.44. The number of carboxylic acids is 1. The Kier molecular flexibility index (Phi) is 8.21. The molecule has 0 spiro atoms. The van der Waals surface area contributed by atoms with E-state index in [0.717, 1.165) is 0 Å². The van der Waals surface area contributed by atoms with Crippen molar-refractivity contribution in [1.29, 1.82) is 0 Å². The maximum atomic E-state index is 10.6. The van der Waals surface area contributed by atoms with Gasteiger partial charge in [-0.15, -0.1) is 0 Å². The zero-order valence-electron chi connectivity index (χ0n) is 9.31. The summed E-state index contributed by atoms with van der Waals surface area (Å²) in [4.78, 5) is 12.5. The van der Waals surface area contributed by atoms with Crippen molar-refractivity contribution in [2.75, 3.05) is 47.1 Å². The Hall–Kier alpha value is -0.690. The van der Waals surface area contributed by atoms with Crippen LogP contribution >= 0.6 is 0 Å². The van der Waals surface area contributed by atoms with E-state index in [1.54, 1.807) is 14.2 Å². The van der Waals surface area contributed by atoms with Crippen LogP contribution in [0.5, 0.6) is 0 Å². The summed E-state index contributed by atoms with van der Waals surface area (Å²) < 4.78 is 9.85. The number of carbonyl (C=O) groups is 1. The molecule has 3 N–H and O–H groups in total. The number of nitrogens with two attached hydrogens (primary N) is 1. The van der Waals surface area contributed by atoms with Gasteiger partial charge in [-0.3, -0.25) is 9.69 Å². The number of ether oxygens (including phenoxy) is 2. The molecular formula is C9H20N2O4. The average Bonchev–Trinajstić information content (AvgIpc) is 2.21. The maximum absolute atomic E-state index is 10.6. The highest BCUT2D eigenvalue weighted by Crippen LogP contribution is 1.92. The molecule has 0 aliphatic heterocycles. The van der Waals surface area contributed by atoms with Crippen LogP contribution in [0.1, 0.15) is 0 Å². The van der Waals surface area contributed by atoms with Crippen LogP contribution in [0.25, 0.3) is 0 Å². The first-order valence-electron chi connectivity index (χ1n) is 4.80. The summed E-state index contributed by atoms with van der Waals surface area (Å²) in [5, 5.41) is 8.67. The Morgan fingerprint density at radius 2 is 1.80 bits per heavy atom. The van der Waals surface area contributed by atoms with Crippen molar-refractivity contribution in [3.63, 3.8) is 0 Å². The van der Waals surface area contributed by atoms with E-state index in [0.29, 0.717) is 32.8 Å². The monoisotopic (exact) mass is 220 g/mol. The molecular weight excluding hydrogens is 200 g/mol. The van der Waals surface area contributed by atoms with Crippen LogP contribution in [-0.4, -0.2) is 69.1 Å². The van der Waals surface area contributed by atoms with Crippen LogP contribution in [0.2, 0.25) is 0 Å². The third kappa shape index (κ3) is 7.26. The predicted molar refractivity (Wildman–Crippen MR) is 55.8 cm³/mol. The van der Waals surface area contributed by atoms with Crippen molar-refractivity contribution >= 4 is 5.97 Å². The lowest BCUT2D eigenvalue weighted by molar-refractivity contribution is -0.139. The van der Waals surface area contributed by atoms with Crippen LogP contribution in [0, 0.1) is 0 Å². The SMILES string of the molecule is COCCN(CCOC)CC(N)C(=O)O. The smallest absolute Gasteiger partial charge is 0.321 e. The summed E-state index contributed by atoms with van der Waals surface area (Å²) in [7, 11) is 3.21. The molecule has 0 rings (SSSR count). The van der Waals surface area contributed by atoms with Gasteiger partial charge in [-0.25, -0.2) is 0 Å². The molecule has 6 heteroatoms. The van der Waals surface area contributed by atoms with Gasteiger partial charge in [0.25, 0.3) is 0 Å². The van der Waals surface area contributed by atoms with Crippen LogP contribution in [0.3, 0.4) is 0 Å². The number of carboxylic acid groups (broad SMARTS) is 1. The van der Waals surface area contributed by atoms with Crippen molar-refractivity contribution < 1.29 is 19.4 Å². The molecule has 0 aliphatic rings. The molecule has 0 bridgehead atoms. The molecule has 15 heavy (non-hydrogen) atoms. The molecule has 0 aromatic heterocycles. The van der Waals surface area contributed by atoms with E-state index in [1.807, 2.05) is 4.90 Å². The predicted octanol–water partition coefficient (Wildman–Crippen LogP) is -1.01. The maximum Gasteiger partial charge on any atom is 0.321 e. The number of hydrogen-bond donors (Lipinski definition) is 2. The van der Waals surface area contributed by atoms with E-state index in [4.69, 9.17) is 20.3 Å². The molecule has 90 valence electrons. The molecule has 0 heterocycles. The molecule has 0 aromatic carbocycles. The van der Waals surface area contributed by atoms with Gasteiger partial charge >= 0.3 is 5.97 Å². The minimum Gasteiger partial charge on any atom is -0.480 e. The molecule has 0 fully saturated rings. The highest BCUT2D eigenvalue weighted by Gasteiger charge is 2.15. The second kappa shape index (κ2) is 8.60. The van der Waals surface area contributed by atoms with Gasteiger partial charge in [0.15, 0.2) is 0 Å². The molecule has 0 aliphatic carbocycles. The van der Waals surface area contributed by atoms with Crippen molar-refractivity contribution in [3.05, 3.63) is 0 Å². The molecule has 6 nitrogen and oxygen atoms in total. The van der Waals surface area contributed by atoms with E-state index in [9.17, 15) is 4.79 Å². The Balaban J connectivity index is 3.92. The largest absolute Gasteiger partial charge is 0.480 e. The Morgan fingerprint density at radius 1 is 1.33 bits per heavy atom. The fourth-order valence-electron chi connectivity index (χ4n) is 1.09. The van der Waals surface area contributed by atoms with Gasteiger partial charge in [-0.2, -0.15) is 0 Å². The van der Waals surface area contributed by atoms with Crippen LogP contribution in [-0.2, 0) is 14.3 Å². The molecule has 1 unspecified atom stereocenters. The van der Waals surface area contributed by atoms with E-state index < -0.39 is 12.0 Å². The summed E-state index contributed by atoms with van der Waals surface area (Å²) in [6.07, 6.45) is 0. The van der Waals surface area contributed by atoms with Crippen LogP contribution in [0.4, 0.5) is 0 Å². The van der Waals surface area contributed by atoms with E-state index in [1.165, 1.54) is 0 Å². The molecule has 1 atom stereocenters. The van der Waals surface area contributed by atoms with E-state index >= 15 is 0 Å².